The van der Waals surface area contributed by atoms with Crippen molar-refractivity contribution in [2.45, 2.75) is 25.0 Å². The van der Waals surface area contributed by atoms with Gasteiger partial charge in [0.25, 0.3) is 0 Å². The van der Waals surface area contributed by atoms with Gasteiger partial charge in [0, 0.05) is 11.6 Å². The first kappa shape index (κ1) is 21.4. The van der Waals surface area contributed by atoms with Gasteiger partial charge in [-0.1, -0.05) is 37.2 Å². The van der Waals surface area contributed by atoms with Crippen LogP contribution in [0.4, 0.5) is 0 Å². The van der Waals surface area contributed by atoms with Crippen LogP contribution in [-0.2, 0) is 4.79 Å². The number of carbonyl (C=O) groups is 1. The monoisotopic (exact) mass is 434 g/mol. The van der Waals surface area contributed by atoms with Crippen LogP contribution in [0.15, 0.2) is 52.2 Å². The molecule has 2 aromatic heterocycles. The van der Waals surface area contributed by atoms with Crippen LogP contribution in [0.1, 0.15) is 25.6 Å². The molecule has 0 fully saturated rings. The third kappa shape index (κ3) is 5.59. The third-order valence-corrected chi connectivity index (χ3v) is 5.63. The number of nitrogens with one attached hydrogen (secondary N) is 1. The molecule has 1 N–H and O–H groups in total. The summed E-state index contributed by atoms with van der Waals surface area (Å²) in [5.74, 6) is 0.953. The quantitative estimate of drug-likeness (QED) is 0.490. The fourth-order valence-electron chi connectivity index (χ4n) is 2.96. The molecule has 0 saturated carbocycles. The molecule has 3 aromatic rings. The van der Waals surface area contributed by atoms with E-state index < -0.39 is 0 Å². The molecule has 154 valence electrons. The Morgan fingerprint density at radius 1 is 1.28 bits per heavy atom. The van der Waals surface area contributed by atoms with Gasteiger partial charge in [0.15, 0.2) is 0 Å². The topological polar surface area (TPSA) is 89.1 Å². The number of rotatable bonds is 10. The van der Waals surface area contributed by atoms with Crippen LogP contribution in [-0.4, -0.2) is 56.4 Å². The van der Waals surface area contributed by atoms with Crippen LogP contribution in [0, 0.1) is 0 Å². The molecular formula is C19H23ClN6O2S. The van der Waals surface area contributed by atoms with Crippen molar-refractivity contribution < 1.29 is 9.21 Å². The van der Waals surface area contributed by atoms with Crippen molar-refractivity contribution in [2.75, 3.05) is 25.4 Å². The summed E-state index contributed by atoms with van der Waals surface area (Å²) >= 11 is 7.20. The molecule has 10 heteroatoms. The van der Waals surface area contributed by atoms with E-state index in [4.69, 9.17) is 16.0 Å². The van der Waals surface area contributed by atoms with Gasteiger partial charge in [-0.3, -0.25) is 9.69 Å². The molecule has 0 saturated heterocycles. The van der Waals surface area contributed by atoms with Gasteiger partial charge in [0.1, 0.15) is 5.76 Å². The van der Waals surface area contributed by atoms with Crippen LogP contribution in [0.5, 0.6) is 0 Å². The molecule has 0 aliphatic carbocycles. The molecule has 1 amide bonds. The summed E-state index contributed by atoms with van der Waals surface area (Å²) < 4.78 is 7.15. The van der Waals surface area contributed by atoms with Gasteiger partial charge in [-0.15, -0.1) is 5.10 Å². The summed E-state index contributed by atoms with van der Waals surface area (Å²) in [5.41, 5.74) is 0.779. The molecule has 29 heavy (non-hydrogen) atoms. The molecule has 0 aliphatic rings. The summed E-state index contributed by atoms with van der Waals surface area (Å²) in [6.45, 7) is 6.38. The average molecular weight is 435 g/mol. The zero-order valence-electron chi connectivity index (χ0n) is 16.3. The van der Waals surface area contributed by atoms with Crippen LogP contribution in [0.2, 0.25) is 5.02 Å². The maximum atomic E-state index is 12.4. The Labute approximate surface area is 178 Å². The van der Waals surface area contributed by atoms with Gasteiger partial charge in [-0.25, -0.2) is 0 Å². The lowest BCUT2D eigenvalue weighted by atomic mass is 10.2. The number of hydrogen-bond acceptors (Lipinski definition) is 7. The first-order chi connectivity index (χ1) is 14.1. The van der Waals surface area contributed by atoms with Gasteiger partial charge in [-0.2, -0.15) is 4.68 Å². The molecule has 1 aromatic carbocycles. The highest BCUT2D eigenvalue weighted by molar-refractivity contribution is 7.99. The maximum Gasteiger partial charge on any atom is 0.230 e. The number of benzene rings is 1. The molecule has 2 heterocycles. The predicted molar refractivity (Wildman–Crippen MR) is 112 cm³/mol. The van der Waals surface area contributed by atoms with Crippen LogP contribution in [0.3, 0.4) is 0 Å². The van der Waals surface area contributed by atoms with Crippen LogP contribution in [0.25, 0.3) is 5.69 Å². The van der Waals surface area contributed by atoms with E-state index in [0.717, 1.165) is 24.5 Å². The minimum absolute atomic E-state index is 0.00617. The van der Waals surface area contributed by atoms with E-state index in [2.05, 4.69) is 39.6 Å². The SMILES string of the molecule is CCN(CC)C(CNC(=O)CSc1nnnn1-c1ccc(Cl)cc1)c1ccco1. The largest absolute Gasteiger partial charge is 0.468 e. The second-order valence-electron chi connectivity index (χ2n) is 6.19. The second-order valence-corrected chi connectivity index (χ2v) is 7.57. The third-order valence-electron chi connectivity index (χ3n) is 4.46. The number of furan rings is 1. The minimum atomic E-state index is -0.0932. The lowest BCUT2D eigenvalue weighted by molar-refractivity contribution is -0.118. The lowest BCUT2D eigenvalue weighted by Crippen LogP contribution is -2.38. The Hall–Kier alpha value is -2.36. The van der Waals surface area contributed by atoms with Gasteiger partial charge in [0.2, 0.25) is 11.1 Å². The van der Waals surface area contributed by atoms with Crippen LogP contribution < -0.4 is 5.32 Å². The number of hydrogen-bond donors (Lipinski definition) is 1. The van der Waals surface area contributed by atoms with Crippen molar-refractivity contribution in [1.29, 1.82) is 0 Å². The van der Waals surface area contributed by atoms with Crippen molar-refractivity contribution >= 4 is 29.3 Å². The van der Waals surface area contributed by atoms with E-state index in [0.29, 0.717) is 16.7 Å². The van der Waals surface area contributed by atoms with Crippen molar-refractivity contribution in [3.8, 4) is 5.69 Å². The highest BCUT2D eigenvalue weighted by atomic mass is 35.5. The number of tetrazole rings is 1. The second kappa shape index (κ2) is 10.4. The van der Waals surface area contributed by atoms with E-state index in [1.165, 1.54) is 11.8 Å². The zero-order valence-corrected chi connectivity index (χ0v) is 17.9. The number of amides is 1. The molecular weight excluding hydrogens is 412 g/mol. The molecule has 3 rings (SSSR count). The first-order valence-corrected chi connectivity index (χ1v) is 10.7. The summed E-state index contributed by atoms with van der Waals surface area (Å²) in [4.78, 5) is 14.7. The summed E-state index contributed by atoms with van der Waals surface area (Å²) in [6.07, 6.45) is 1.65. The Balaban J connectivity index is 1.57. The van der Waals surface area contributed by atoms with Gasteiger partial charge in [-0.05, 0) is 59.9 Å². The van der Waals surface area contributed by atoms with Crippen molar-refractivity contribution in [3.05, 3.63) is 53.4 Å². The molecule has 1 unspecified atom stereocenters. The number of halogens is 1. The fourth-order valence-corrected chi connectivity index (χ4v) is 3.81. The molecule has 0 aliphatic heterocycles. The van der Waals surface area contributed by atoms with Crippen molar-refractivity contribution in [2.24, 2.45) is 0 Å². The van der Waals surface area contributed by atoms with Crippen molar-refractivity contribution in [3.63, 3.8) is 0 Å². The standard InChI is InChI=1S/C19H23ClN6O2S/c1-3-25(4-2)16(17-6-5-11-28-17)12-21-18(27)13-29-19-22-23-24-26(19)15-9-7-14(20)8-10-15/h5-11,16H,3-4,12-13H2,1-2H3,(H,21,27). The Morgan fingerprint density at radius 3 is 2.69 bits per heavy atom. The molecule has 8 nitrogen and oxygen atoms in total. The summed E-state index contributed by atoms with van der Waals surface area (Å²) in [5, 5.41) is 15.9. The normalized spacial score (nSPS) is 12.3. The van der Waals surface area contributed by atoms with E-state index in [9.17, 15) is 4.79 Å². The molecule has 0 spiro atoms. The van der Waals surface area contributed by atoms with Gasteiger partial charge < -0.3 is 9.73 Å². The summed E-state index contributed by atoms with van der Waals surface area (Å²) in [7, 11) is 0. The Bertz CT molecular complexity index is 896. The molecule has 0 radical (unpaired) electrons. The van der Waals surface area contributed by atoms with Gasteiger partial charge in [0.05, 0.1) is 23.7 Å². The van der Waals surface area contributed by atoms with Gasteiger partial charge >= 0.3 is 0 Å². The number of nitrogens with zero attached hydrogens (tertiary/aromatic N) is 5. The van der Waals surface area contributed by atoms with E-state index in [1.807, 2.05) is 24.3 Å². The lowest BCUT2D eigenvalue weighted by Gasteiger charge is -2.28. The molecule has 0 bridgehead atoms. The van der Waals surface area contributed by atoms with E-state index in [-0.39, 0.29) is 17.7 Å². The van der Waals surface area contributed by atoms with Crippen molar-refractivity contribution in [1.82, 2.24) is 30.4 Å². The summed E-state index contributed by atoms with van der Waals surface area (Å²) in [6, 6.07) is 11.0. The number of aromatic nitrogens is 4. The highest BCUT2D eigenvalue weighted by Crippen LogP contribution is 2.21. The fraction of sp³-hybridized carbons (Fsp3) is 0.368. The Morgan fingerprint density at radius 2 is 2.03 bits per heavy atom. The number of likely N-dealkylation sites (N-methyl/N-ethyl adjacent to an activating group) is 1. The average Bonchev–Trinajstić information content (AvgIpc) is 3.42. The Kier molecular flexibility index (Phi) is 7.68. The van der Waals surface area contributed by atoms with Crippen LogP contribution >= 0.6 is 23.4 Å². The van der Waals surface area contributed by atoms with E-state index in [1.54, 1.807) is 23.1 Å². The highest BCUT2D eigenvalue weighted by Gasteiger charge is 2.21. The first-order valence-electron chi connectivity index (χ1n) is 9.33. The number of thioether (sulfide) groups is 1. The zero-order chi connectivity index (χ0) is 20.6. The number of carbonyl (C=O) groups excluding carboxylic acids is 1. The molecule has 1 atom stereocenters. The predicted octanol–water partition coefficient (Wildman–Crippen LogP) is 3.20. The van der Waals surface area contributed by atoms with E-state index >= 15 is 0 Å². The smallest absolute Gasteiger partial charge is 0.230 e. The minimum Gasteiger partial charge on any atom is -0.468 e. The maximum absolute atomic E-state index is 12.4.